The van der Waals surface area contributed by atoms with Crippen molar-refractivity contribution in [1.29, 1.82) is 0 Å². The number of aromatic nitrogens is 1. The fraction of sp³-hybridized carbons (Fsp3) is 0.273. The number of amides is 1. The van der Waals surface area contributed by atoms with Crippen LogP contribution in [0.5, 0.6) is 0 Å². The van der Waals surface area contributed by atoms with Crippen LogP contribution in [0.15, 0.2) is 53.9 Å². The van der Waals surface area contributed by atoms with E-state index in [0.717, 1.165) is 12.1 Å². The molecule has 0 aliphatic rings. The summed E-state index contributed by atoms with van der Waals surface area (Å²) < 4.78 is 38.0. The Morgan fingerprint density at radius 2 is 1.55 bits per heavy atom. The molecule has 0 aliphatic carbocycles. The maximum atomic E-state index is 12.7. The number of benzene rings is 2. The van der Waals surface area contributed by atoms with Gasteiger partial charge in [-0.05, 0) is 35.2 Å². The van der Waals surface area contributed by atoms with Crippen LogP contribution in [0.2, 0.25) is 0 Å². The van der Waals surface area contributed by atoms with Gasteiger partial charge in [-0.3, -0.25) is 4.79 Å². The third-order valence-corrected chi connectivity index (χ3v) is 5.33. The van der Waals surface area contributed by atoms with Crippen LogP contribution in [0.4, 0.5) is 18.9 Å². The first kappa shape index (κ1) is 21.0. The first-order valence-corrected chi connectivity index (χ1v) is 9.93. The molecular weight excluding hydrogens is 397 g/mol. The zero-order valence-electron chi connectivity index (χ0n) is 16.3. The van der Waals surface area contributed by atoms with Crippen LogP contribution in [-0.2, 0) is 22.8 Å². The van der Waals surface area contributed by atoms with Gasteiger partial charge < -0.3 is 5.32 Å². The summed E-state index contributed by atoms with van der Waals surface area (Å²) >= 11 is 1.30. The Morgan fingerprint density at radius 3 is 2.10 bits per heavy atom. The average Bonchev–Trinajstić information content (AvgIpc) is 3.09. The largest absolute Gasteiger partial charge is 0.416 e. The minimum atomic E-state index is -4.37. The first-order chi connectivity index (χ1) is 13.5. The third-order valence-electron chi connectivity index (χ3n) is 4.39. The lowest BCUT2D eigenvalue weighted by molar-refractivity contribution is -0.137. The summed E-state index contributed by atoms with van der Waals surface area (Å²) in [5.74, 6) is -0.197. The van der Waals surface area contributed by atoms with Gasteiger partial charge in [0.15, 0.2) is 0 Å². The van der Waals surface area contributed by atoms with Crippen molar-refractivity contribution in [3.05, 3.63) is 70.7 Å². The molecular formula is C22H21F3N2OS. The van der Waals surface area contributed by atoms with Gasteiger partial charge >= 0.3 is 6.18 Å². The molecule has 29 heavy (non-hydrogen) atoms. The van der Waals surface area contributed by atoms with Crippen LogP contribution in [0, 0.1) is 0 Å². The SMILES string of the molecule is CC(C)(C)c1ccc(NC(=O)Cc2csc(-c3ccc(C(F)(F)F)cc3)n2)cc1. The Balaban J connectivity index is 1.63. The monoisotopic (exact) mass is 418 g/mol. The normalized spacial score (nSPS) is 12.1. The van der Waals surface area contributed by atoms with Crippen molar-refractivity contribution in [2.45, 2.75) is 38.8 Å². The topological polar surface area (TPSA) is 42.0 Å². The summed E-state index contributed by atoms with van der Waals surface area (Å²) in [4.78, 5) is 16.7. The number of anilines is 1. The van der Waals surface area contributed by atoms with E-state index in [2.05, 4.69) is 31.1 Å². The minimum Gasteiger partial charge on any atom is -0.326 e. The highest BCUT2D eigenvalue weighted by Gasteiger charge is 2.30. The van der Waals surface area contributed by atoms with E-state index in [1.807, 2.05) is 24.3 Å². The van der Waals surface area contributed by atoms with Crippen molar-refractivity contribution in [2.75, 3.05) is 5.32 Å². The Bertz CT molecular complexity index is 985. The molecule has 3 nitrogen and oxygen atoms in total. The predicted molar refractivity (Wildman–Crippen MR) is 110 cm³/mol. The number of carbonyl (C=O) groups excluding carboxylic acids is 1. The van der Waals surface area contributed by atoms with E-state index in [-0.39, 0.29) is 17.7 Å². The van der Waals surface area contributed by atoms with E-state index in [4.69, 9.17) is 0 Å². The predicted octanol–water partition coefficient (Wildman–Crippen LogP) is 6.31. The minimum absolute atomic E-state index is 0.0395. The second-order valence-electron chi connectivity index (χ2n) is 7.77. The second-order valence-corrected chi connectivity index (χ2v) is 8.63. The maximum absolute atomic E-state index is 12.7. The maximum Gasteiger partial charge on any atom is 0.416 e. The fourth-order valence-electron chi connectivity index (χ4n) is 2.75. The standard InChI is InChI=1S/C22H21F3N2OS/c1-21(2,3)15-8-10-17(11-9-15)26-19(28)12-18-13-29-20(27-18)14-4-6-16(7-5-14)22(23,24)25/h4-11,13H,12H2,1-3H3,(H,26,28). The molecule has 3 rings (SSSR count). The molecule has 0 radical (unpaired) electrons. The number of alkyl halides is 3. The van der Waals surface area contributed by atoms with Gasteiger partial charge in [-0.25, -0.2) is 4.98 Å². The molecule has 152 valence electrons. The van der Waals surface area contributed by atoms with Gasteiger partial charge in [0.1, 0.15) is 5.01 Å². The highest BCUT2D eigenvalue weighted by atomic mass is 32.1. The molecule has 3 aromatic rings. The second kappa shape index (κ2) is 7.99. The number of halogens is 3. The first-order valence-electron chi connectivity index (χ1n) is 9.05. The molecule has 0 saturated carbocycles. The van der Waals surface area contributed by atoms with E-state index >= 15 is 0 Å². The Labute approximate surface area is 171 Å². The van der Waals surface area contributed by atoms with Gasteiger partial charge in [0, 0.05) is 16.6 Å². The van der Waals surface area contributed by atoms with Gasteiger partial charge in [-0.15, -0.1) is 11.3 Å². The number of rotatable bonds is 4. The van der Waals surface area contributed by atoms with E-state index in [0.29, 0.717) is 22.0 Å². The Hall–Kier alpha value is -2.67. The van der Waals surface area contributed by atoms with Crippen LogP contribution in [0.3, 0.4) is 0 Å². The zero-order chi connectivity index (χ0) is 21.2. The van der Waals surface area contributed by atoms with E-state index in [9.17, 15) is 18.0 Å². The summed E-state index contributed by atoms with van der Waals surface area (Å²) in [6.07, 6.45) is -4.27. The fourth-order valence-corrected chi connectivity index (χ4v) is 3.57. The summed E-state index contributed by atoms with van der Waals surface area (Å²) in [7, 11) is 0. The van der Waals surface area contributed by atoms with Gasteiger partial charge in [0.2, 0.25) is 5.91 Å². The highest BCUT2D eigenvalue weighted by molar-refractivity contribution is 7.13. The highest BCUT2D eigenvalue weighted by Crippen LogP contribution is 2.32. The molecule has 0 fully saturated rings. The molecule has 1 heterocycles. The van der Waals surface area contributed by atoms with Crippen LogP contribution < -0.4 is 5.32 Å². The molecule has 0 spiro atoms. The van der Waals surface area contributed by atoms with E-state index in [1.54, 1.807) is 5.38 Å². The molecule has 1 N–H and O–H groups in total. The Morgan fingerprint density at radius 1 is 0.966 bits per heavy atom. The van der Waals surface area contributed by atoms with Gasteiger partial charge in [0.25, 0.3) is 0 Å². The van der Waals surface area contributed by atoms with Crippen LogP contribution in [0.1, 0.15) is 37.6 Å². The molecule has 0 atom stereocenters. The smallest absolute Gasteiger partial charge is 0.326 e. The molecule has 0 unspecified atom stereocenters. The molecule has 7 heteroatoms. The summed E-state index contributed by atoms with van der Waals surface area (Å²) in [6, 6.07) is 12.6. The molecule has 2 aromatic carbocycles. The summed E-state index contributed by atoms with van der Waals surface area (Å²) in [5, 5.41) is 5.17. The summed E-state index contributed by atoms with van der Waals surface area (Å²) in [6.45, 7) is 6.37. The van der Waals surface area contributed by atoms with Gasteiger partial charge in [0.05, 0.1) is 17.7 Å². The molecule has 1 aromatic heterocycles. The lowest BCUT2D eigenvalue weighted by Gasteiger charge is -2.19. The Kier molecular flexibility index (Phi) is 5.80. The zero-order valence-corrected chi connectivity index (χ0v) is 17.1. The summed E-state index contributed by atoms with van der Waals surface area (Å²) in [5.41, 5.74) is 2.39. The van der Waals surface area contributed by atoms with Crippen LogP contribution >= 0.6 is 11.3 Å². The van der Waals surface area contributed by atoms with Crippen molar-refractivity contribution in [1.82, 2.24) is 4.98 Å². The number of nitrogens with one attached hydrogen (secondary N) is 1. The number of hydrogen-bond acceptors (Lipinski definition) is 3. The lowest BCUT2D eigenvalue weighted by atomic mass is 9.87. The van der Waals surface area contributed by atoms with Crippen molar-refractivity contribution < 1.29 is 18.0 Å². The van der Waals surface area contributed by atoms with Gasteiger partial charge in [-0.1, -0.05) is 45.0 Å². The number of hydrogen-bond donors (Lipinski definition) is 1. The quantitative estimate of drug-likeness (QED) is 0.540. The van der Waals surface area contributed by atoms with Crippen LogP contribution in [0.25, 0.3) is 10.6 Å². The van der Waals surface area contributed by atoms with E-state index < -0.39 is 11.7 Å². The van der Waals surface area contributed by atoms with Crippen molar-refractivity contribution in [2.24, 2.45) is 0 Å². The number of nitrogens with zero attached hydrogens (tertiary/aromatic N) is 1. The lowest BCUT2D eigenvalue weighted by Crippen LogP contribution is -2.15. The number of carbonyl (C=O) groups is 1. The molecule has 1 amide bonds. The van der Waals surface area contributed by atoms with Crippen molar-refractivity contribution in [3.8, 4) is 10.6 Å². The van der Waals surface area contributed by atoms with Gasteiger partial charge in [-0.2, -0.15) is 13.2 Å². The van der Waals surface area contributed by atoms with Crippen molar-refractivity contribution in [3.63, 3.8) is 0 Å². The third kappa shape index (κ3) is 5.44. The van der Waals surface area contributed by atoms with E-state index in [1.165, 1.54) is 29.0 Å². The molecule has 0 bridgehead atoms. The van der Waals surface area contributed by atoms with Crippen LogP contribution in [-0.4, -0.2) is 10.9 Å². The van der Waals surface area contributed by atoms with Crippen molar-refractivity contribution >= 4 is 22.9 Å². The number of thiazole rings is 1. The molecule has 0 aliphatic heterocycles. The average molecular weight is 418 g/mol. The molecule has 0 saturated heterocycles.